The molecule has 8 nitrogen and oxygen atoms in total. The normalized spacial score (nSPS) is 21.5. The second-order valence-corrected chi connectivity index (χ2v) is 12.1. The van der Waals surface area contributed by atoms with E-state index in [1.165, 1.54) is 38.2 Å². The van der Waals surface area contributed by atoms with Gasteiger partial charge in [0.15, 0.2) is 5.03 Å². The third-order valence-corrected chi connectivity index (χ3v) is 9.16. The average molecular weight is 500 g/mol. The van der Waals surface area contributed by atoms with Crippen LogP contribution in [0.15, 0.2) is 41.6 Å². The molecule has 0 aromatic carbocycles. The van der Waals surface area contributed by atoms with E-state index in [0.29, 0.717) is 23.5 Å². The lowest BCUT2D eigenvalue weighted by Crippen LogP contribution is -2.43. The van der Waals surface area contributed by atoms with E-state index in [1.54, 1.807) is 30.5 Å². The highest BCUT2D eigenvalue weighted by molar-refractivity contribution is 7.90. The van der Waals surface area contributed by atoms with E-state index >= 15 is 0 Å². The quantitative estimate of drug-likeness (QED) is 0.574. The maximum Gasteiger partial charge on any atom is 0.281 e. The van der Waals surface area contributed by atoms with E-state index in [2.05, 4.69) is 52.6 Å². The molecule has 2 aromatic heterocycles. The molecule has 1 saturated heterocycles. The molecule has 0 bridgehead atoms. The Morgan fingerprint density at radius 3 is 2.54 bits per heavy atom. The first kappa shape index (κ1) is 25.4. The number of rotatable bonds is 7. The fourth-order valence-electron chi connectivity index (χ4n) is 5.26. The van der Waals surface area contributed by atoms with Gasteiger partial charge in [-0.05, 0) is 76.1 Å². The number of nitrogens with one attached hydrogen (secondary N) is 2. The van der Waals surface area contributed by atoms with Crippen molar-refractivity contribution < 1.29 is 13.2 Å². The summed E-state index contributed by atoms with van der Waals surface area (Å²) in [6.07, 6.45) is 8.69. The fourth-order valence-corrected chi connectivity index (χ4v) is 6.19. The van der Waals surface area contributed by atoms with Crippen molar-refractivity contribution in [2.24, 2.45) is 11.8 Å². The highest BCUT2D eigenvalue weighted by Gasteiger charge is 2.40. The van der Waals surface area contributed by atoms with Crippen LogP contribution in [0.2, 0.25) is 0 Å². The molecular formula is C26H37N5O3S. The van der Waals surface area contributed by atoms with Crippen LogP contribution in [0, 0.1) is 11.8 Å². The summed E-state index contributed by atoms with van der Waals surface area (Å²) < 4.78 is 28.4. The number of sulfonamides is 1. The lowest BCUT2D eigenvalue weighted by atomic mass is 9.84. The first-order chi connectivity index (χ1) is 16.6. The summed E-state index contributed by atoms with van der Waals surface area (Å²) in [5, 5.41) is 3.18. The summed E-state index contributed by atoms with van der Waals surface area (Å²) in [6.45, 7) is 9.29. The smallest absolute Gasteiger partial charge is 0.281 e. The van der Waals surface area contributed by atoms with Gasteiger partial charge in [-0.15, -0.1) is 0 Å². The van der Waals surface area contributed by atoms with E-state index in [0.717, 1.165) is 13.0 Å². The van der Waals surface area contributed by atoms with Gasteiger partial charge >= 0.3 is 0 Å². The van der Waals surface area contributed by atoms with Crippen LogP contribution in [-0.4, -0.2) is 42.4 Å². The lowest BCUT2D eigenvalue weighted by molar-refractivity contribution is 0.0981. The van der Waals surface area contributed by atoms with Gasteiger partial charge in [0, 0.05) is 24.3 Å². The van der Waals surface area contributed by atoms with Gasteiger partial charge in [0.2, 0.25) is 0 Å². The van der Waals surface area contributed by atoms with E-state index < -0.39 is 15.9 Å². The third-order valence-electron chi connectivity index (χ3n) is 7.93. The molecule has 1 aliphatic heterocycles. The van der Waals surface area contributed by atoms with Gasteiger partial charge in [-0.2, -0.15) is 8.42 Å². The van der Waals surface area contributed by atoms with Crippen LogP contribution >= 0.6 is 0 Å². The van der Waals surface area contributed by atoms with Crippen molar-refractivity contribution in [3.8, 4) is 0 Å². The molecule has 0 radical (unpaired) electrons. The first-order valence-electron chi connectivity index (χ1n) is 12.6. The second kappa shape index (κ2) is 10.1. The molecule has 2 fully saturated rings. The van der Waals surface area contributed by atoms with Gasteiger partial charge in [0.1, 0.15) is 11.6 Å². The number of hydrogen-bond acceptors (Lipinski definition) is 7. The topological polar surface area (TPSA) is 104 Å². The Morgan fingerprint density at radius 2 is 1.86 bits per heavy atom. The second-order valence-electron chi connectivity index (χ2n) is 10.5. The highest BCUT2D eigenvalue weighted by atomic mass is 32.2. The maximum absolute atomic E-state index is 13.2. The largest absolute Gasteiger partial charge is 0.367 e. The number of amides is 1. The highest BCUT2D eigenvalue weighted by Crippen LogP contribution is 2.38. The summed E-state index contributed by atoms with van der Waals surface area (Å²) in [6, 6.07) is 8.26. The van der Waals surface area contributed by atoms with Crippen LogP contribution in [0.4, 0.5) is 11.6 Å². The Bertz CT molecular complexity index is 1160. The predicted octanol–water partition coefficient (Wildman–Crippen LogP) is 4.60. The van der Waals surface area contributed by atoms with Gasteiger partial charge in [-0.1, -0.05) is 32.3 Å². The minimum absolute atomic E-state index is 0.188. The third kappa shape index (κ3) is 5.44. The van der Waals surface area contributed by atoms with Gasteiger partial charge in [0.05, 0.1) is 5.56 Å². The molecule has 3 heterocycles. The van der Waals surface area contributed by atoms with Gasteiger partial charge in [-0.25, -0.2) is 14.7 Å². The predicted molar refractivity (Wildman–Crippen MR) is 138 cm³/mol. The Labute approximate surface area is 209 Å². The summed E-state index contributed by atoms with van der Waals surface area (Å²) in [4.78, 5) is 24.0. The van der Waals surface area contributed by atoms with Crippen LogP contribution in [0.3, 0.4) is 0 Å². The van der Waals surface area contributed by atoms with E-state index in [1.807, 2.05) is 0 Å². The van der Waals surface area contributed by atoms with E-state index in [-0.39, 0.29) is 22.2 Å². The molecule has 190 valence electrons. The summed E-state index contributed by atoms with van der Waals surface area (Å²) >= 11 is 0. The molecule has 2 aliphatic rings. The number of anilines is 2. The zero-order chi connectivity index (χ0) is 25.2. The number of carbonyl (C=O) groups excluding carboxylic acids is 1. The van der Waals surface area contributed by atoms with Crippen LogP contribution < -0.4 is 14.9 Å². The molecular weight excluding hydrogens is 462 g/mol. The Hall–Kier alpha value is -2.68. The molecule has 1 amide bonds. The first-order valence-corrected chi connectivity index (χ1v) is 14.1. The van der Waals surface area contributed by atoms with Crippen molar-refractivity contribution in [1.82, 2.24) is 14.7 Å². The van der Waals surface area contributed by atoms with Crippen molar-refractivity contribution in [1.29, 1.82) is 0 Å². The number of hydrogen-bond donors (Lipinski definition) is 2. The van der Waals surface area contributed by atoms with Crippen LogP contribution in [0.25, 0.3) is 0 Å². The van der Waals surface area contributed by atoms with Crippen LogP contribution in [0.5, 0.6) is 0 Å². The van der Waals surface area contributed by atoms with Gasteiger partial charge in [-0.3, -0.25) is 4.79 Å². The molecule has 4 rings (SSSR count). The van der Waals surface area contributed by atoms with Crippen LogP contribution in [0.1, 0.15) is 76.6 Å². The summed E-state index contributed by atoms with van der Waals surface area (Å²) in [7, 11) is -4.17. The zero-order valence-electron chi connectivity index (χ0n) is 21.1. The molecule has 2 atom stereocenters. The molecule has 0 spiro atoms. The van der Waals surface area contributed by atoms with Gasteiger partial charge in [0.25, 0.3) is 15.9 Å². The monoisotopic (exact) mass is 499 g/mol. The maximum atomic E-state index is 13.2. The molecule has 1 unspecified atom stereocenters. The fraction of sp³-hybridized carbons (Fsp3) is 0.577. The molecule has 9 heteroatoms. The molecule has 2 N–H and O–H groups in total. The standard InChI is InChI=1S/C26H37N5O3S/c1-18-15-17-31(26(18,3)4)24-21(12-9-16-27-24)25(32)30-35(33,34)23-14-8-13-22(29-23)28-19(2)20-10-6-5-7-11-20/h8-9,12-14,16,18-20H,5-7,10-11,15,17H2,1-4H3,(H,28,29)(H,30,32)/t18?,19-/m1/s1. The lowest BCUT2D eigenvalue weighted by Gasteiger charge is -2.36. The van der Waals surface area contributed by atoms with Crippen molar-refractivity contribution >= 4 is 27.6 Å². The van der Waals surface area contributed by atoms with Crippen molar-refractivity contribution in [2.45, 2.75) is 82.8 Å². The summed E-state index contributed by atoms with van der Waals surface area (Å²) in [5.41, 5.74) is 0.0391. The molecule has 2 aromatic rings. The van der Waals surface area contributed by atoms with Crippen LogP contribution in [-0.2, 0) is 10.0 Å². The minimum atomic E-state index is -4.17. The number of aromatic nitrogens is 2. The summed E-state index contributed by atoms with van der Waals surface area (Å²) in [5.74, 6) is 1.25. The average Bonchev–Trinajstić information content (AvgIpc) is 3.11. The molecule has 35 heavy (non-hydrogen) atoms. The number of carbonyl (C=O) groups is 1. The number of pyridine rings is 2. The van der Waals surface area contributed by atoms with Crippen molar-refractivity contribution in [3.05, 3.63) is 42.1 Å². The molecule has 1 aliphatic carbocycles. The Kier molecular flexibility index (Phi) is 7.35. The van der Waals surface area contributed by atoms with Crippen molar-refractivity contribution in [3.63, 3.8) is 0 Å². The molecule has 1 saturated carbocycles. The van der Waals surface area contributed by atoms with E-state index in [9.17, 15) is 13.2 Å². The van der Waals surface area contributed by atoms with E-state index in [4.69, 9.17) is 0 Å². The Balaban J connectivity index is 1.51. The SMILES string of the molecule is CC1CCN(c2ncccc2C(=O)NS(=O)(=O)c2cccc(N[C@H](C)C3CCCCC3)n2)C1(C)C. The zero-order valence-corrected chi connectivity index (χ0v) is 21.9. The number of nitrogens with zero attached hydrogens (tertiary/aromatic N) is 3. The minimum Gasteiger partial charge on any atom is -0.367 e. The van der Waals surface area contributed by atoms with Gasteiger partial charge < -0.3 is 10.2 Å². The Morgan fingerprint density at radius 1 is 1.11 bits per heavy atom. The van der Waals surface area contributed by atoms with Crippen molar-refractivity contribution in [2.75, 3.05) is 16.8 Å².